The van der Waals surface area contributed by atoms with E-state index in [1.165, 1.54) is 0 Å². The molecule has 0 spiro atoms. The predicted octanol–water partition coefficient (Wildman–Crippen LogP) is 3.97. The topological polar surface area (TPSA) is 65.4 Å². The SMILES string of the molecule is COCn1cc(NC(=O)c2cccc(COc3ccccc3Cl)c2)cn1. The summed E-state index contributed by atoms with van der Waals surface area (Å²) in [5.41, 5.74) is 2.00. The lowest BCUT2D eigenvalue weighted by Gasteiger charge is -2.09. The minimum Gasteiger partial charge on any atom is -0.487 e. The number of carbonyl (C=O) groups excluding carboxylic acids is 1. The molecule has 0 aliphatic rings. The van der Waals surface area contributed by atoms with E-state index in [2.05, 4.69) is 10.4 Å². The number of rotatable bonds is 7. The number of hydrogen-bond acceptors (Lipinski definition) is 4. The van der Waals surface area contributed by atoms with Crippen LogP contribution in [-0.2, 0) is 18.1 Å². The number of amides is 1. The monoisotopic (exact) mass is 371 g/mol. The van der Waals surface area contributed by atoms with Crippen LogP contribution in [0.1, 0.15) is 15.9 Å². The number of nitrogens with one attached hydrogen (secondary N) is 1. The van der Waals surface area contributed by atoms with Crippen molar-refractivity contribution < 1.29 is 14.3 Å². The highest BCUT2D eigenvalue weighted by Gasteiger charge is 2.09. The molecule has 1 heterocycles. The zero-order valence-electron chi connectivity index (χ0n) is 14.2. The molecule has 1 N–H and O–H groups in total. The van der Waals surface area contributed by atoms with E-state index < -0.39 is 0 Å². The van der Waals surface area contributed by atoms with E-state index >= 15 is 0 Å². The Morgan fingerprint density at radius 2 is 2.08 bits per heavy atom. The minimum absolute atomic E-state index is 0.221. The normalized spacial score (nSPS) is 10.5. The Labute approximate surface area is 156 Å². The van der Waals surface area contributed by atoms with Gasteiger partial charge in [-0.25, -0.2) is 4.68 Å². The number of hydrogen-bond donors (Lipinski definition) is 1. The van der Waals surface area contributed by atoms with Crippen molar-refractivity contribution in [3.05, 3.63) is 77.1 Å². The first-order valence-electron chi connectivity index (χ1n) is 7.95. The molecule has 0 saturated carbocycles. The molecule has 0 radical (unpaired) electrons. The van der Waals surface area contributed by atoms with Gasteiger partial charge in [-0.2, -0.15) is 5.10 Å². The molecule has 26 heavy (non-hydrogen) atoms. The Hall–Kier alpha value is -2.83. The highest BCUT2D eigenvalue weighted by Crippen LogP contribution is 2.24. The Morgan fingerprint density at radius 1 is 1.23 bits per heavy atom. The van der Waals surface area contributed by atoms with Crippen molar-refractivity contribution in [1.29, 1.82) is 0 Å². The molecule has 7 heteroatoms. The molecule has 0 saturated heterocycles. The maximum atomic E-state index is 12.4. The summed E-state index contributed by atoms with van der Waals surface area (Å²) < 4.78 is 12.3. The van der Waals surface area contributed by atoms with E-state index in [1.54, 1.807) is 48.5 Å². The fourth-order valence-electron chi connectivity index (χ4n) is 2.36. The Bertz CT molecular complexity index is 895. The Balaban J connectivity index is 1.64. The number of carbonyl (C=O) groups is 1. The summed E-state index contributed by atoms with van der Waals surface area (Å²) in [6.07, 6.45) is 3.27. The van der Waals surface area contributed by atoms with Gasteiger partial charge in [-0.1, -0.05) is 35.9 Å². The van der Waals surface area contributed by atoms with Gasteiger partial charge < -0.3 is 14.8 Å². The molecule has 0 unspecified atom stereocenters. The van der Waals surface area contributed by atoms with Crippen LogP contribution < -0.4 is 10.1 Å². The number of nitrogens with zero attached hydrogens (tertiary/aromatic N) is 2. The number of para-hydroxylation sites is 1. The van der Waals surface area contributed by atoms with E-state index in [0.29, 0.717) is 35.4 Å². The summed E-state index contributed by atoms with van der Waals surface area (Å²) in [7, 11) is 1.58. The molecule has 0 atom stereocenters. The summed E-state index contributed by atoms with van der Waals surface area (Å²) >= 11 is 6.08. The summed E-state index contributed by atoms with van der Waals surface area (Å²) in [6.45, 7) is 0.640. The predicted molar refractivity (Wildman–Crippen MR) is 99.4 cm³/mol. The standard InChI is InChI=1S/C19H18ClN3O3/c1-25-13-23-11-16(10-21-23)22-19(24)15-6-4-5-14(9-15)12-26-18-8-3-2-7-17(18)20/h2-11H,12-13H2,1H3,(H,22,24). The second-order valence-corrected chi connectivity index (χ2v) is 5.97. The molecule has 1 aromatic heterocycles. The summed E-state index contributed by atoms with van der Waals surface area (Å²) in [5.74, 6) is 0.385. The van der Waals surface area contributed by atoms with Crippen molar-refractivity contribution >= 4 is 23.2 Å². The zero-order valence-corrected chi connectivity index (χ0v) is 14.9. The molecule has 0 bridgehead atoms. The highest BCUT2D eigenvalue weighted by atomic mass is 35.5. The van der Waals surface area contributed by atoms with E-state index in [4.69, 9.17) is 21.1 Å². The van der Waals surface area contributed by atoms with Crippen molar-refractivity contribution in [2.75, 3.05) is 12.4 Å². The molecule has 2 aromatic carbocycles. The lowest BCUT2D eigenvalue weighted by molar-refractivity contribution is 0.102. The Morgan fingerprint density at radius 3 is 2.88 bits per heavy atom. The fourth-order valence-corrected chi connectivity index (χ4v) is 2.55. The van der Waals surface area contributed by atoms with Crippen LogP contribution in [0.2, 0.25) is 5.02 Å². The van der Waals surface area contributed by atoms with Gasteiger partial charge in [0.05, 0.1) is 23.1 Å². The van der Waals surface area contributed by atoms with Gasteiger partial charge in [0.15, 0.2) is 0 Å². The molecule has 6 nitrogen and oxygen atoms in total. The largest absolute Gasteiger partial charge is 0.487 e. The summed E-state index contributed by atoms with van der Waals surface area (Å²) in [5, 5.41) is 7.44. The third-order valence-electron chi connectivity index (χ3n) is 3.57. The van der Waals surface area contributed by atoms with Crippen LogP contribution in [0.15, 0.2) is 60.9 Å². The van der Waals surface area contributed by atoms with Crippen molar-refractivity contribution in [3.8, 4) is 5.75 Å². The molecule has 3 aromatic rings. The van der Waals surface area contributed by atoms with Gasteiger partial charge in [-0.3, -0.25) is 4.79 Å². The molecular weight excluding hydrogens is 354 g/mol. The lowest BCUT2D eigenvalue weighted by Crippen LogP contribution is -2.12. The number of anilines is 1. The van der Waals surface area contributed by atoms with Gasteiger partial charge in [0, 0.05) is 12.7 Å². The minimum atomic E-state index is -0.221. The van der Waals surface area contributed by atoms with E-state index in [0.717, 1.165) is 5.56 Å². The van der Waals surface area contributed by atoms with Crippen molar-refractivity contribution in [2.24, 2.45) is 0 Å². The summed E-state index contributed by atoms with van der Waals surface area (Å²) in [4.78, 5) is 12.4. The lowest BCUT2D eigenvalue weighted by atomic mass is 10.1. The van der Waals surface area contributed by atoms with Crippen molar-refractivity contribution in [2.45, 2.75) is 13.3 Å². The van der Waals surface area contributed by atoms with Gasteiger partial charge >= 0.3 is 0 Å². The van der Waals surface area contributed by atoms with Crippen LogP contribution in [0.4, 0.5) is 5.69 Å². The third-order valence-corrected chi connectivity index (χ3v) is 3.88. The molecule has 0 aliphatic heterocycles. The first-order valence-corrected chi connectivity index (χ1v) is 8.32. The van der Waals surface area contributed by atoms with Crippen molar-refractivity contribution in [1.82, 2.24) is 9.78 Å². The van der Waals surface area contributed by atoms with Crippen LogP contribution in [0.5, 0.6) is 5.75 Å². The highest BCUT2D eigenvalue weighted by molar-refractivity contribution is 6.32. The van der Waals surface area contributed by atoms with Crippen LogP contribution in [-0.4, -0.2) is 22.8 Å². The molecule has 0 fully saturated rings. The second kappa shape index (κ2) is 8.51. The van der Waals surface area contributed by atoms with E-state index in [-0.39, 0.29) is 5.91 Å². The molecule has 134 valence electrons. The van der Waals surface area contributed by atoms with Crippen LogP contribution in [0, 0.1) is 0 Å². The summed E-state index contributed by atoms with van der Waals surface area (Å²) in [6, 6.07) is 14.5. The molecule has 1 amide bonds. The fraction of sp³-hybridized carbons (Fsp3) is 0.158. The van der Waals surface area contributed by atoms with Gasteiger partial charge in [0.1, 0.15) is 19.1 Å². The number of methoxy groups -OCH3 is 1. The number of aromatic nitrogens is 2. The molecule has 0 aliphatic carbocycles. The first kappa shape index (κ1) is 18.0. The van der Waals surface area contributed by atoms with Crippen LogP contribution >= 0.6 is 11.6 Å². The number of halogens is 1. The van der Waals surface area contributed by atoms with Crippen LogP contribution in [0.3, 0.4) is 0 Å². The van der Waals surface area contributed by atoms with Gasteiger partial charge in [-0.15, -0.1) is 0 Å². The maximum absolute atomic E-state index is 12.4. The van der Waals surface area contributed by atoms with E-state index in [1.807, 2.05) is 24.3 Å². The number of benzene rings is 2. The average molecular weight is 372 g/mol. The van der Waals surface area contributed by atoms with Crippen molar-refractivity contribution in [3.63, 3.8) is 0 Å². The first-order chi connectivity index (χ1) is 12.7. The van der Waals surface area contributed by atoms with E-state index in [9.17, 15) is 4.79 Å². The zero-order chi connectivity index (χ0) is 18.4. The third kappa shape index (κ3) is 4.62. The average Bonchev–Trinajstić information content (AvgIpc) is 3.08. The van der Waals surface area contributed by atoms with Gasteiger partial charge in [0.25, 0.3) is 5.91 Å². The quantitative estimate of drug-likeness (QED) is 0.682. The Kier molecular flexibility index (Phi) is 5.88. The molecular formula is C19H18ClN3O3. The smallest absolute Gasteiger partial charge is 0.255 e. The molecule has 3 rings (SSSR count). The van der Waals surface area contributed by atoms with Gasteiger partial charge in [0.2, 0.25) is 0 Å². The van der Waals surface area contributed by atoms with Gasteiger partial charge in [-0.05, 0) is 29.8 Å². The second-order valence-electron chi connectivity index (χ2n) is 5.56. The van der Waals surface area contributed by atoms with Crippen LogP contribution in [0.25, 0.3) is 0 Å². The maximum Gasteiger partial charge on any atom is 0.255 e. The number of ether oxygens (including phenoxy) is 2.